The lowest BCUT2D eigenvalue weighted by Gasteiger charge is -2.36. The van der Waals surface area contributed by atoms with Gasteiger partial charge in [-0.05, 0) is 228 Å². The molecule has 7 aliphatic rings. The summed E-state index contributed by atoms with van der Waals surface area (Å²) in [5, 5.41) is 60.1. The first-order valence-corrected chi connectivity index (χ1v) is 45.4. The van der Waals surface area contributed by atoms with Gasteiger partial charge >= 0.3 is 12.1 Å². The standard InChI is InChI=1S/C18H24N2O4.C18H21NO3.C17H18N2O3.C17H25NO3.C15H21NO4.C15H17NO3S/c1-13(21)17-15(22)7-4-8-16(17)24-12-14-6-5-11-20(14)18(23)19-9-2-3-10-19;1-13-16(20)8-5-9-17(13)22-12-14-6-4-7-15(14)18(21)19-10-2-3-11-19;1-12-14(20)6-2-7-15(12)22-11-13-5-3-8-18-16(13)17(21)19-9-4-10-19;1-12(2)17(20)18-10-5-4-7-14(18)11-21-16-9-6-8-15(19)13(16)3;1-3-19-15(18)16-9-5-6-12(16)10-20-14-8-4-7-13(17)11(14)2;1-10-12(17)5-4-6-13(10)19-9-11-7-8-20-14(11)15(18)16(2)3/h4,7-8,14,22H,2-3,5-6,9-12H2,1H3;4-6,8-9,20H,2-3,7,10-12H2,1H3;2-3,5-8,20H,4,9-11H2,1H3;6,8-9,12,14,19H,4-5,7,10-11H2,1-3H3;4,7-8,12,17H,3,5-6,9-10H2,1-2H3;4-8,17H,9H2,1-3H3. The van der Waals surface area contributed by atoms with Crippen molar-refractivity contribution >= 4 is 52.9 Å². The van der Waals surface area contributed by atoms with Crippen LogP contribution in [0.25, 0.3) is 0 Å². The van der Waals surface area contributed by atoms with Crippen LogP contribution >= 0.6 is 11.3 Å². The van der Waals surface area contributed by atoms with E-state index in [0.29, 0.717) is 114 Å². The average Bonchev–Trinajstić information content (AvgIpc) is 1.69. The molecule has 6 aliphatic heterocycles. The molecule has 692 valence electrons. The van der Waals surface area contributed by atoms with E-state index in [4.69, 9.17) is 33.2 Å². The number of nitrogens with zero attached hydrogens (tertiary/aromatic N) is 8. The summed E-state index contributed by atoms with van der Waals surface area (Å²) >= 11 is 1.41. The summed E-state index contributed by atoms with van der Waals surface area (Å²) in [5.41, 5.74) is 7.61. The molecule has 28 nitrogen and oxygen atoms in total. The van der Waals surface area contributed by atoms with E-state index in [9.17, 15) is 64.2 Å². The van der Waals surface area contributed by atoms with Gasteiger partial charge in [0.2, 0.25) is 11.8 Å². The summed E-state index contributed by atoms with van der Waals surface area (Å²) in [6, 6.07) is 36.6. The van der Waals surface area contributed by atoms with E-state index >= 15 is 0 Å². The Morgan fingerprint density at radius 1 is 0.457 bits per heavy atom. The van der Waals surface area contributed by atoms with E-state index in [1.807, 2.05) is 102 Å². The first kappa shape index (κ1) is 98.5. The van der Waals surface area contributed by atoms with E-state index < -0.39 is 0 Å². The molecule has 6 N–H and O–H groups in total. The summed E-state index contributed by atoms with van der Waals surface area (Å²) in [5.74, 6) is 4.69. The van der Waals surface area contributed by atoms with Crippen molar-refractivity contribution in [3.8, 4) is 69.0 Å². The van der Waals surface area contributed by atoms with Crippen molar-refractivity contribution in [1.29, 1.82) is 0 Å². The highest BCUT2D eigenvalue weighted by molar-refractivity contribution is 7.12. The molecule has 0 saturated carbocycles. The number of thiophene rings is 1. The maximum atomic E-state index is 12.6. The number of ketones is 1. The molecule has 2 aromatic heterocycles. The molecule has 0 radical (unpaired) electrons. The second kappa shape index (κ2) is 48.5. The Balaban J connectivity index is 0.000000161. The van der Waals surface area contributed by atoms with Crippen LogP contribution in [0.2, 0.25) is 0 Å². The van der Waals surface area contributed by atoms with E-state index in [-0.39, 0.29) is 112 Å². The molecule has 6 saturated heterocycles. The highest BCUT2D eigenvalue weighted by Crippen LogP contribution is 2.36. The Kier molecular flexibility index (Phi) is 37.0. The Hall–Kier alpha value is -12.7. The zero-order valence-corrected chi connectivity index (χ0v) is 77.0. The third-order valence-corrected chi connectivity index (χ3v) is 24.6. The van der Waals surface area contributed by atoms with Crippen LogP contribution in [-0.4, -0.2) is 236 Å². The first-order valence-electron chi connectivity index (χ1n) is 44.6. The minimum absolute atomic E-state index is 0.0141. The molecule has 7 amide bonds. The second-order valence-corrected chi connectivity index (χ2v) is 34.2. The van der Waals surface area contributed by atoms with Crippen LogP contribution in [-0.2, 0) is 27.5 Å². The number of Topliss-reactive ketones (excluding diaryl/α,β-unsaturated/α-hetero) is 1. The topological polar surface area (TPSA) is 341 Å². The summed E-state index contributed by atoms with van der Waals surface area (Å²) in [4.78, 5) is 103. The zero-order chi connectivity index (χ0) is 92.8. The maximum absolute atomic E-state index is 12.6. The summed E-state index contributed by atoms with van der Waals surface area (Å²) in [6.45, 7) is 25.9. The quantitative estimate of drug-likeness (QED) is 0.0306. The molecule has 129 heavy (non-hydrogen) atoms. The van der Waals surface area contributed by atoms with Gasteiger partial charge in [0, 0.05) is 130 Å². The van der Waals surface area contributed by atoms with Gasteiger partial charge < -0.3 is 98.1 Å². The first-order chi connectivity index (χ1) is 62.0. The van der Waals surface area contributed by atoms with Gasteiger partial charge in [-0.3, -0.25) is 29.0 Å². The van der Waals surface area contributed by atoms with E-state index in [2.05, 4.69) is 4.98 Å². The molecule has 29 heteroatoms. The largest absolute Gasteiger partial charge is 0.508 e. The van der Waals surface area contributed by atoms with Crippen molar-refractivity contribution in [3.05, 3.63) is 217 Å². The number of phenols is 6. The summed E-state index contributed by atoms with van der Waals surface area (Å²) in [7, 11) is 3.46. The number of hydrogen-bond donors (Lipinski definition) is 6. The minimum atomic E-state index is -0.272. The number of allylic oxidation sites excluding steroid dienone is 1. The Labute approximate surface area is 760 Å². The van der Waals surface area contributed by atoms with Crippen LogP contribution in [0.1, 0.15) is 181 Å². The van der Waals surface area contributed by atoms with E-state index in [0.717, 1.165) is 163 Å². The molecular formula is C100H126N8O20S. The minimum Gasteiger partial charge on any atom is -0.508 e. The van der Waals surface area contributed by atoms with Crippen LogP contribution in [0.4, 0.5) is 9.59 Å². The lowest BCUT2D eigenvalue weighted by Crippen LogP contribution is -2.48. The number of urea groups is 1. The fourth-order valence-electron chi connectivity index (χ4n) is 15.7. The van der Waals surface area contributed by atoms with Crippen LogP contribution < -0.4 is 28.4 Å². The number of rotatable bonds is 24. The molecule has 3 unspecified atom stereocenters. The molecule has 15 rings (SSSR count). The number of carbonyl (C=O) groups is 7. The smallest absolute Gasteiger partial charge is 0.410 e. The van der Waals surface area contributed by atoms with Crippen molar-refractivity contribution in [2.24, 2.45) is 5.92 Å². The van der Waals surface area contributed by atoms with Crippen molar-refractivity contribution in [2.45, 2.75) is 177 Å². The molecule has 6 aromatic carbocycles. The molecule has 3 atom stereocenters. The second-order valence-electron chi connectivity index (χ2n) is 33.2. The lowest BCUT2D eigenvalue weighted by molar-refractivity contribution is -0.139. The predicted molar refractivity (Wildman–Crippen MR) is 494 cm³/mol. The van der Waals surface area contributed by atoms with Gasteiger partial charge in [0.1, 0.15) is 120 Å². The highest BCUT2D eigenvalue weighted by Gasteiger charge is 2.36. The number of aromatic hydroxyl groups is 6. The number of aromatic nitrogens is 1. The number of piperidine rings is 1. The fourth-order valence-corrected chi connectivity index (χ4v) is 16.6. The molecule has 6 fully saturated rings. The number of pyridine rings is 1. The van der Waals surface area contributed by atoms with Gasteiger partial charge in [0.15, 0.2) is 5.78 Å². The van der Waals surface area contributed by atoms with Crippen LogP contribution in [0.3, 0.4) is 0 Å². The molecule has 8 aromatic rings. The number of phenolic OH excluding ortho intramolecular Hbond substituents is 6. The maximum Gasteiger partial charge on any atom is 0.410 e. The molecule has 1 aliphatic carbocycles. The average molecular weight is 1790 g/mol. The molecular weight excluding hydrogens is 1670 g/mol. The molecule has 0 bridgehead atoms. The van der Waals surface area contributed by atoms with Crippen molar-refractivity contribution in [1.82, 2.24) is 39.3 Å². The Morgan fingerprint density at radius 2 is 0.876 bits per heavy atom. The van der Waals surface area contributed by atoms with Crippen molar-refractivity contribution in [2.75, 3.05) is 106 Å². The summed E-state index contributed by atoms with van der Waals surface area (Å²) < 4.78 is 39.7. The number of benzene rings is 6. The van der Waals surface area contributed by atoms with Gasteiger partial charge in [-0.25, -0.2) is 9.59 Å². The van der Waals surface area contributed by atoms with Gasteiger partial charge in [-0.15, -0.1) is 11.3 Å². The summed E-state index contributed by atoms with van der Waals surface area (Å²) in [6.07, 6.45) is 18.3. The number of hydrogen-bond acceptors (Lipinski definition) is 22. The Bertz CT molecular complexity index is 5190. The predicted octanol–water partition coefficient (Wildman–Crippen LogP) is 17.0. The molecule has 0 spiro atoms. The number of ether oxygens (including phenoxy) is 7. The SMILES string of the molecule is CC(=O)c1c(O)cccc1OCC1CCCN1C(=O)N1CCCC1.CCOC(=O)N1CCCC1COc1cccc(O)c1C.Cc1c(O)cccc1OCC1=C(C(=O)N2CCCC2)CC=C1.Cc1c(O)cccc1OCC1CCCCN1C(=O)C(C)C.Cc1c(O)cccc1OCc1cccnc1C(=O)N1CCC1.Cc1c(O)cccc1OCc1ccsc1C(=O)N(C)C. The Morgan fingerprint density at radius 3 is 1.36 bits per heavy atom. The third-order valence-electron chi connectivity index (χ3n) is 23.6. The number of likely N-dealkylation sites (tertiary alicyclic amines) is 6. The molecule has 8 heterocycles. The van der Waals surface area contributed by atoms with Crippen LogP contribution in [0.5, 0.6) is 69.0 Å². The van der Waals surface area contributed by atoms with Crippen molar-refractivity contribution < 1.29 is 97.4 Å². The van der Waals surface area contributed by atoms with Gasteiger partial charge in [0.25, 0.3) is 11.8 Å². The van der Waals surface area contributed by atoms with Crippen LogP contribution in [0, 0.1) is 40.5 Å². The number of amides is 7. The lowest BCUT2D eigenvalue weighted by atomic mass is 10.0. The highest BCUT2D eigenvalue weighted by atomic mass is 32.1. The van der Waals surface area contributed by atoms with E-state index in [1.165, 1.54) is 24.3 Å². The van der Waals surface area contributed by atoms with Crippen LogP contribution in [0.15, 0.2) is 162 Å². The monoisotopic (exact) mass is 1790 g/mol. The third kappa shape index (κ3) is 27.0. The van der Waals surface area contributed by atoms with Gasteiger partial charge in [-0.2, -0.15) is 0 Å². The number of carbonyl (C=O) groups excluding carboxylic acids is 7. The fraction of sp³-hybridized carbons (Fsp3) is 0.440. The van der Waals surface area contributed by atoms with Gasteiger partial charge in [0.05, 0.1) is 29.6 Å². The van der Waals surface area contributed by atoms with Crippen molar-refractivity contribution in [3.63, 3.8) is 0 Å². The normalized spacial score (nSPS) is 16.6. The zero-order valence-electron chi connectivity index (χ0n) is 76.1. The van der Waals surface area contributed by atoms with Gasteiger partial charge in [-0.1, -0.05) is 68.5 Å². The van der Waals surface area contributed by atoms with E-state index in [1.54, 1.807) is 147 Å².